The van der Waals surface area contributed by atoms with E-state index in [0.29, 0.717) is 0 Å². The Morgan fingerprint density at radius 3 is 2.57 bits per heavy atom. The fourth-order valence-corrected chi connectivity index (χ4v) is 4.29. The van der Waals surface area contributed by atoms with Gasteiger partial charge in [-0.25, -0.2) is 0 Å². The van der Waals surface area contributed by atoms with Crippen molar-refractivity contribution in [2.45, 2.75) is 59.8 Å². The van der Waals surface area contributed by atoms with Crippen LogP contribution in [0.2, 0.25) is 0 Å². The molecule has 148 valence electrons. The molecule has 0 unspecified atom stereocenters. The molecule has 0 spiro atoms. The second kappa shape index (κ2) is 9.14. The fourth-order valence-electron chi connectivity index (χ4n) is 4.29. The molecule has 0 saturated heterocycles. The first-order valence-corrected chi connectivity index (χ1v) is 10.7. The summed E-state index contributed by atoms with van der Waals surface area (Å²) in [6.45, 7) is 9.06. The molecule has 28 heavy (non-hydrogen) atoms. The Morgan fingerprint density at radius 1 is 1.04 bits per heavy atom. The summed E-state index contributed by atoms with van der Waals surface area (Å²) in [6, 6.07) is 15.7. The Morgan fingerprint density at radius 2 is 1.86 bits per heavy atom. The van der Waals surface area contributed by atoms with Crippen LogP contribution in [-0.2, 0) is 6.42 Å². The average molecular weight is 375 g/mol. The van der Waals surface area contributed by atoms with Crippen LogP contribution in [0.3, 0.4) is 0 Å². The molecule has 0 fully saturated rings. The van der Waals surface area contributed by atoms with Crippen LogP contribution in [0.5, 0.6) is 0 Å². The number of aryl methyl sites for hydroxylation is 2. The van der Waals surface area contributed by atoms with Gasteiger partial charge in [-0.1, -0.05) is 51.5 Å². The first-order valence-electron chi connectivity index (χ1n) is 10.7. The molecule has 0 radical (unpaired) electrons. The van der Waals surface area contributed by atoms with Crippen molar-refractivity contribution in [2.24, 2.45) is 0 Å². The van der Waals surface area contributed by atoms with Gasteiger partial charge in [0.1, 0.15) is 0 Å². The monoisotopic (exact) mass is 374 g/mol. The number of fused-ring (bicyclic) bond motifs is 1. The van der Waals surface area contributed by atoms with Crippen LogP contribution < -0.4 is 4.90 Å². The van der Waals surface area contributed by atoms with Crippen molar-refractivity contribution in [1.82, 2.24) is 4.98 Å². The van der Waals surface area contributed by atoms with Crippen molar-refractivity contribution >= 4 is 22.3 Å². The summed E-state index contributed by atoms with van der Waals surface area (Å²) in [5.74, 6) is 0. The molecule has 2 aromatic carbocycles. The van der Waals surface area contributed by atoms with E-state index in [1.54, 1.807) is 5.57 Å². The van der Waals surface area contributed by atoms with Crippen LogP contribution in [0, 0.1) is 6.92 Å². The highest BCUT2D eigenvalue weighted by Crippen LogP contribution is 2.36. The molecule has 1 heterocycles. The van der Waals surface area contributed by atoms with E-state index in [-0.39, 0.29) is 0 Å². The van der Waals surface area contributed by atoms with E-state index in [1.165, 1.54) is 51.8 Å². The highest BCUT2D eigenvalue weighted by molar-refractivity contribution is 5.89. The number of rotatable bonds is 8. The first kappa shape index (κ1) is 20.3. The molecule has 0 bridgehead atoms. The summed E-state index contributed by atoms with van der Waals surface area (Å²) < 4.78 is 0. The lowest BCUT2D eigenvalue weighted by molar-refractivity contribution is 0.765. The van der Waals surface area contributed by atoms with Gasteiger partial charge in [0.15, 0.2) is 0 Å². The molecule has 0 atom stereocenters. The number of para-hydroxylation sites is 1. The number of aromatic amines is 1. The molecular weight excluding hydrogens is 340 g/mol. The van der Waals surface area contributed by atoms with Crippen molar-refractivity contribution in [3.05, 3.63) is 70.9 Å². The minimum Gasteiger partial charge on any atom is -0.361 e. The molecule has 0 aliphatic carbocycles. The first-order chi connectivity index (χ1) is 13.6. The molecule has 2 nitrogen and oxygen atoms in total. The molecule has 3 aromatic rings. The summed E-state index contributed by atoms with van der Waals surface area (Å²) in [4.78, 5) is 5.78. The maximum Gasteiger partial charge on any atom is 0.0473 e. The van der Waals surface area contributed by atoms with Crippen LogP contribution in [-0.4, -0.2) is 12.0 Å². The molecule has 0 aliphatic heterocycles. The van der Waals surface area contributed by atoms with Crippen LogP contribution in [0.25, 0.3) is 16.6 Å². The zero-order chi connectivity index (χ0) is 20.1. The maximum atomic E-state index is 3.32. The van der Waals surface area contributed by atoms with Gasteiger partial charge in [-0.15, -0.1) is 0 Å². The molecule has 1 aromatic heterocycles. The van der Waals surface area contributed by atoms with Gasteiger partial charge in [0, 0.05) is 35.5 Å². The van der Waals surface area contributed by atoms with E-state index in [1.807, 2.05) is 6.20 Å². The van der Waals surface area contributed by atoms with E-state index < -0.39 is 0 Å². The summed E-state index contributed by atoms with van der Waals surface area (Å²) in [7, 11) is 2.25. The topological polar surface area (TPSA) is 19.0 Å². The third kappa shape index (κ3) is 4.01. The summed E-state index contributed by atoms with van der Waals surface area (Å²) in [5.41, 5.74) is 9.54. The number of aromatic nitrogens is 1. The van der Waals surface area contributed by atoms with Gasteiger partial charge >= 0.3 is 0 Å². The van der Waals surface area contributed by atoms with Gasteiger partial charge in [-0.2, -0.15) is 0 Å². The number of hydrogen-bond donors (Lipinski definition) is 1. The predicted octanol–water partition coefficient (Wildman–Crippen LogP) is 7.49. The molecular formula is C26H34N2. The molecule has 0 aliphatic rings. The van der Waals surface area contributed by atoms with Gasteiger partial charge in [0.25, 0.3) is 0 Å². The van der Waals surface area contributed by atoms with Gasteiger partial charge in [-0.3, -0.25) is 0 Å². The van der Waals surface area contributed by atoms with Crippen molar-refractivity contribution in [2.75, 3.05) is 11.9 Å². The number of allylic oxidation sites excluding steroid dienone is 1. The number of unbranched alkanes of at least 4 members (excludes halogenated alkanes) is 1. The fraction of sp³-hybridized carbons (Fsp3) is 0.385. The zero-order valence-electron chi connectivity index (χ0n) is 18.1. The van der Waals surface area contributed by atoms with Crippen LogP contribution in [0.4, 0.5) is 5.69 Å². The van der Waals surface area contributed by atoms with Gasteiger partial charge < -0.3 is 9.88 Å². The Balaban J connectivity index is 2.20. The van der Waals surface area contributed by atoms with E-state index in [0.717, 1.165) is 19.3 Å². The molecule has 0 saturated carbocycles. The SMILES string of the molecule is CCCC/C(CC)=C(/c1ccc2[nH]ccc2c1)N(C)c1c(C)cccc1CC. The highest BCUT2D eigenvalue weighted by atomic mass is 15.1. The maximum absolute atomic E-state index is 3.32. The number of hydrogen-bond acceptors (Lipinski definition) is 1. The van der Waals surface area contributed by atoms with Crippen LogP contribution in [0.1, 0.15) is 63.1 Å². The predicted molar refractivity (Wildman–Crippen MR) is 124 cm³/mol. The molecule has 0 amide bonds. The lowest BCUT2D eigenvalue weighted by Crippen LogP contribution is -2.20. The average Bonchev–Trinajstić information content (AvgIpc) is 3.18. The Labute approximate surface area is 170 Å². The van der Waals surface area contributed by atoms with Gasteiger partial charge in [0.2, 0.25) is 0 Å². The largest absolute Gasteiger partial charge is 0.361 e. The van der Waals surface area contributed by atoms with Gasteiger partial charge in [-0.05, 0) is 73.1 Å². The Hall–Kier alpha value is -2.48. The zero-order valence-corrected chi connectivity index (χ0v) is 18.1. The summed E-state index contributed by atoms with van der Waals surface area (Å²) in [5, 5.41) is 1.27. The number of nitrogens with one attached hydrogen (secondary N) is 1. The standard InChI is InChI=1S/C26H34N2/c1-6-9-12-21(8-3)26(23-14-15-24-22(18-23)16-17-27-24)28(5)25-19(4)11-10-13-20(25)7-2/h10-11,13-18,27H,6-9,12H2,1-5H3/b26-21-. The second-order valence-electron chi connectivity index (χ2n) is 7.68. The number of benzene rings is 2. The lowest BCUT2D eigenvalue weighted by Gasteiger charge is -2.30. The third-order valence-corrected chi connectivity index (χ3v) is 5.79. The van der Waals surface area contributed by atoms with Crippen molar-refractivity contribution in [3.63, 3.8) is 0 Å². The molecule has 1 N–H and O–H groups in total. The normalized spacial score (nSPS) is 12.3. The number of nitrogens with zero attached hydrogens (tertiary/aromatic N) is 1. The lowest BCUT2D eigenvalue weighted by atomic mass is 9.96. The van der Waals surface area contributed by atoms with E-state index >= 15 is 0 Å². The van der Waals surface area contributed by atoms with E-state index in [9.17, 15) is 0 Å². The number of H-pyrrole nitrogens is 1. The molecule has 3 rings (SSSR count). The smallest absolute Gasteiger partial charge is 0.0473 e. The Kier molecular flexibility index (Phi) is 6.61. The van der Waals surface area contributed by atoms with Gasteiger partial charge in [0.05, 0.1) is 0 Å². The summed E-state index contributed by atoms with van der Waals surface area (Å²) >= 11 is 0. The van der Waals surface area contributed by atoms with Crippen LogP contribution in [0.15, 0.2) is 54.2 Å². The summed E-state index contributed by atoms with van der Waals surface area (Å²) in [6.07, 6.45) is 7.77. The molecule has 2 heteroatoms. The number of anilines is 1. The van der Waals surface area contributed by atoms with Crippen molar-refractivity contribution in [3.8, 4) is 0 Å². The van der Waals surface area contributed by atoms with Crippen LogP contribution >= 0.6 is 0 Å². The van der Waals surface area contributed by atoms with E-state index in [2.05, 4.69) is 87.1 Å². The van der Waals surface area contributed by atoms with Crippen molar-refractivity contribution < 1.29 is 0 Å². The highest BCUT2D eigenvalue weighted by Gasteiger charge is 2.18. The van der Waals surface area contributed by atoms with E-state index in [4.69, 9.17) is 0 Å². The third-order valence-electron chi connectivity index (χ3n) is 5.79. The minimum atomic E-state index is 1.04. The second-order valence-corrected chi connectivity index (χ2v) is 7.68. The quantitative estimate of drug-likeness (QED) is 0.433. The van der Waals surface area contributed by atoms with Crippen molar-refractivity contribution in [1.29, 1.82) is 0 Å². The minimum absolute atomic E-state index is 1.04. The Bertz CT molecular complexity index is 961.